The summed E-state index contributed by atoms with van der Waals surface area (Å²) in [7, 11) is 0. The van der Waals surface area contributed by atoms with Gasteiger partial charge in [0.1, 0.15) is 0 Å². The molecule has 2 heterocycles. The number of aryl methyl sites for hydroxylation is 1. The number of ketones is 1. The number of Topliss-reactive ketones (excluding diaryl/α,β-unsaturated/α-hetero) is 1. The van der Waals surface area contributed by atoms with Gasteiger partial charge in [-0.15, -0.1) is 0 Å². The number of benzene rings is 2. The molecule has 182 valence electrons. The van der Waals surface area contributed by atoms with E-state index in [-0.39, 0.29) is 18.6 Å². The van der Waals surface area contributed by atoms with Crippen molar-refractivity contribution >= 4 is 11.9 Å². The lowest BCUT2D eigenvalue weighted by Crippen LogP contribution is -2.40. The third kappa shape index (κ3) is 6.25. The van der Waals surface area contributed by atoms with Gasteiger partial charge in [0.25, 0.3) is 5.92 Å². The van der Waals surface area contributed by atoms with Gasteiger partial charge in [0.05, 0.1) is 17.6 Å². The van der Waals surface area contributed by atoms with Crippen LogP contribution in [0.3, 0.4) is 0 Å². The Kier molecular flexibility index (Phi) is 7.51. The fourth-order valence-electron chi connectivity index (χ4n) is 4.64. The van der Waals surface area contributed by atoms with Crippen LogP contribution in [0, 0.1) is 6.92 Å². The highest BCUT2D eigenvalue weighted by molar-refractivity contribution is 6.00. The summed E-state index contributed by atoms with van der Waals surface area (Å²) >= 11 is 0. The van der Waals surface area contributed by atoms with Gasteiger partial charge >= 0.3 is 0 Å². The molecule has 0 radical (unpaired) electrons. The number of piperidine rings is 1. The number of hydrogen-bond donors (Lipinski definition) is 0. The lowest BCUT2D eigenvalue weighted by atomic mass is 9.90. The van der Waals surface area contributed by atoms with E-state index in [4.69, 9.17) is 0 Å². The van der Waals surface area contributed by atoms with Crippen molar-refractivity contribution in [3.8, 4) is 11.3 Å². The molecular formula is C29H31F2N3O. The largest absolute Gasteiger partial charge is 0.303 e. The molecule has 4 nitrogen and oxygen atoms in total. The number of carbonyl (C=O) groups excluding carboxylic acids is 1. The SMILES string of the molecule is C=Cc1cc(-c2cncc(C)n2)cc(Cc2ccc(CCN3CCC(F)(F)CC3)cc2)c1C(C)=O. The molecule has 2 aromatic carbocycles. The summed E-state index contributed by atoms with van der Waals surface area (Å²) in [6.45, 7) is 9.09. The molecule has 0 N–H and O–H groups in total. The summed E-state index contributed by atoms with van der Waals surface area (Å²) in [5.41, 5.74) is 7.15. The van der Waals surface area contributed by atoms with Crippen LogP contribution in [0.4, 0.5) is 8.78 Å². The summed E-state index contributed by atoms with van der Waals surface area (Å²) in [5.74, 6) is -2.51. The molecule has 1 aliphatic rings. The normalized spacial score (nSPS) is 15.7. The fourth-order valence-corrected chi connectivity index (χ4v) is 4.64. The minimum atomic E-state index is -2.51. The van der Waals surface area contributed by atoms with Gasteiger partial charge in [-0.25, -0.2) is 13.8 Å². The van der Waals surface area contributed by atoms with Gasteiger partial charge in [-0.1, -0.05) is 36.9 Å². The Bertz CT molecular complexity index is 1210. The topological polar surface area (TPSA) is 46.1 Å². The number of aromatic nitrogens is 2. The van der Waals surface area contributed by atoms with Crippen LogP contribution in [0.2, 0.25) is 0 Å². The van der Waals surface area contributed by atoms with E-state index in [0.29, 0.717) is 25.1 Å². The predicted octanol–water partition coefficient (Wildman–Crippen LogP) is 6.16. The Morgan fingerprint density at radius 2 is 1.80 bits per heavy atom. The van der Waals surface area contributed by atoms with E-state index in [1.807, 2.05) is 19.1 Å². The highest BCUT2D eigenvalue weighted by Crippen LogP contribution is 2.29. The molecule has 1 saturated heterocycles. The molecule has 0 aliphatic carbocycles. The molecule has 1 fully saturated rings. The first-order valence-electron chi connectivity index (χ1n) is 12.0. The van der Waals surface area contributed by atoms with Crippen LogP contribution in [0.15, 0.2) is 55.4 Å². The molecule has 0 unspecified atom stereocenters. The first-order chi connectivity index (χ1) is 16.7. The second kappa shape index (κ2) is 10.6. The second-order valence-electron chi connectivity index (χ2n) is 9.35. The number of hydrogen-bond acceptors (Lipinski definition) is 4. The van der Waals surface area contributed by atoms with Crippen LogP contribution in [-0.4, -0.2) is 46.2 Å². The quantitative estimate of drug-likeness (QED) is 0.366. The van der Waals surface area contributed by atoms with Gasteiger partial charge in [-0.2, -0.15) is 0 Å². The van der Waals surface area contributed by atoms with Crippen LogP contribution in [0.5, 0.6) is 0 Å². The lowest BCUT2D eigenvalue weighted by Gasteiger charge is -2.31. The lowest BCUT2D eigenvalue weighted by molar-refractivity contribution is -0.0548. The van der Waals surface area contributed by atoms with Crippen molar-refractivity contribution < 1.29 is 13.6 Å². The van der Waals surface area contributed by atoms with Gasteiger partial charge in [0.15, 0.2) is 5.78 Å². The Morgan fingerprint density at radius 3 is 2.43 bits per heavy atom. The molecule has 0 spiro atoms. The number of nitrogens with zero attached hydrogens (tertiary/aromatic N) is 3. The maximum absolute atomic E-state index is 13.4. The van der Waals surface area contributed by atoms with Crippen molar-refractivity contribution in [1.82, 2.24) is 14.9 Å². The summed E-state index contributed by atoms with van der Waals surface area (Å²) < 4.78 is 26.7. The number of likely N-dealkylation sites (tertiary alicyclic amines) is 1. The van der Waals surface area contributed by atoms with Crippen molar-refractivity contribution in [3.05, 3.63) is 88.9 Å². The highest BCUT2D eigenvalue weighted by atomic mass is 19.3. The Labute approximate surface area is 205 Å². The zero-order chi connectivity index (χ0) is 25.0. The van der Waals surface area contributed by atoms with Gasteiger partial charge in [0.2, 0.25) is 0 Å². The summed E-state index contributed by atoms with van der Waals surface area (Å²) in [6.07, 6.45) is 6.48. The molecule has 0 atom stereocenters. The van der Waals surface area contributed by atoms with E-state index >= 15 is 0 Å². The van der Waals surface area contributed by atoms with E-state index in [2.05, 4.69) is 45.7 Å². The van der Waals surface area contributed by atoms with E-state index in [9.17, 15) is 13.6 Å². The highest BCUT2D eigenvalue weighted by Gasteiger charge is 2.33. The van der Waals surface area contributed by atoms with Crippen molar-refractivity contribution in [3.63, 3.8) is 0 Å². The van der Waals surface area contributed by atoms with Crippen molar-refractivity contribution in [2.24, 2.45) is 0 Å². The van der Waals surface area contributed by atoms with E-state index < -0.39 is 5.92 Å². The second-order valence-corrected chi connectivity index (χ2v) is 9.35. The van der Waals surface area contributed by atoms with Crippen molar-refractivity contribution in [2.45, 2.75) is 45.5 Å². The fraction of sp³-hybridized carbons (Fsp3) is 0.345. The monoisotopic (exact) mass is 475 g/mol. The predicted molar refractivity (Wildman–Crippen MR) is 136 cm³/mol. The van der Waals surface area contributed by atoms with E-state index in [0.717, 1.165) is 46.6 Å². The molecular weight excluding hydrogens is 444 g/mol. The van der Waals surface area contributed by atoms with E-state index in [1.165, 1.54) is 5.56 Å². The van der Waals surface area contributed by atoms with E-state index in [1.54, 1.807) is 25.4 Å². The number of carbonyl (C=O) groups is 1. The molecule has 1 aromatic heterocycles. The minimum absolute atomic E-state index is 0.000468. The van der Waals surface area contributed by atoms with Crippen LogP contribution in [0.25, 0.3) is 17.3 Å². The Hall–Kier alpha value is -3.25. The van der Waals surface area contributed by atoms with Gasteiger partial charge in [0, 0.05) is 49.8 Å². The first kappa shape index (κ1) is 24.9. The molecule has 6 heteroatoms. The summed E-state index contributed by atoms with van der Waals surface area (Å²) in [5, 5.41) is 0. The number of halogens is 2. The molecule has 0 amide bonds. The Morgan fingerprint density at radius 1 is 1.11 bits per heavy atom. The molecule has 1 aliphatic heterocycles. The number of alkyl halides is 2. The maximum Gasteiger partial charge on any atom is 0.250 e. The Balaban J connectivity index is 1.52. The standard InChI is InChI=1S/C29H31F2N3O/c1-4-24-16-25(27-19-32-18-20(2)33-27)17-26(28(24)21(3)35)15-23-7-5-22(6-8-23)9-12-34-13-10-29(30,31)11-14-34/h4-8,16-19H,1,9-15H2,2-3H3. The minimum Gasteiger partial charge on any atom is -0.303 e. The zero-order valence-corrected chi connectivity index (χ0v) is 20.4. The smallest absolute Gasteiger partial charge is 0.250 e. The van der Waals surface area contributed by atoms with Crippen LogP contribution in [-0.2, 0) is 12.8 Å². The van der Waals surface area contributed by atoms with Crippen LogP contribution in [0.1, 0.15) is 58.1 Å². The molecule has 35 heavy (non-hydrogen) atoms. The molecule has 0 saturated carbocycles. The average molecular weight is 476 g/mol. The van der Waals surface area contributed by atoms with Crippen LogP contribution < -0.4 is 0 Å². The first-order valence-corrected chi connectivity index (χ1v) is 12.0. The van der Waals surface area contributed by atoms with Crippen molar-refractivity contribution in [2.75, 3.05) is 19.6 Å². The van der Waals surface area contributed by atoms with Gasteiger partial charge in [-0.05, 0) is 61.1 Å². The third-order valence-electron chi connectivity index (χ3n) is 6.60. The summed E-state index contributed by atoms with van der Waals surface area (Å²) in [4.78, 5) is 23.5. The zero-order valence-electron chi connectivity index (χ0n) is 20.4. The van der Waals surface area contributed by atoms with Gasteiger partial charge in [-0.3, -0.25) is 9.78 Å². The van der Waals surface area contributed by atoms with Gasteiger partial charge < -0.3 is 4.90 Å². The molecule has 4 rings (SSSR count). The average Bonchev–Trinajstić information content (AvgIpc) is 2.83. The third-order valence-corrected chi connectivity index (χ3v) is 6.60. The number of rotatable bonds is 8. The van der Waals surface area contributed by atoms with Crippen LogP contribution >= 0.6 is 0 Å². The maximum atomic E-state index is 13.4. The van der Waals surface area contributed by atoms with Crippen molar-refractivity contribution in [1.29, 1.82) is 0 Å². The molecule has 0 bridgehead atoms. The summed E-state index contributed by atoms with van der Waals surface area (Å²) in [6, 6.07) is 12.3. The molecule has 3 aromatic rings.